The molecule has 4 N–H and O–H groups in total. The van der Waals surface area contributed by atoms with Crippen molar-refractivity contribution in [3.05, 3.63) is 182 Å². The van der Waals surface area contributed by atoms with Crippen LogP contribution in [-0.2, 0) is 17.6 Å². The summed E-state index contributed by atoms with van der Waals surface area (Å²) >= 11 is 8.78. The van der Waals surface area contributed by atoms with E-state index in [1.54, 1.807) is 48.5 Å². The molecule has 20 nitrogen and oxygen atoms in total. The van der Waals surface area contributed by atoms with E-state index in [-0.39, 0.29) is 61.0 Å². The molecule has 6 aromatic carbocycles. The minimum atomic E-state index is -1.72. The number of Topliss-reactive ketones (excluding diaryl/α,β-unsaturated/α-hetero) is 1. The van der Waals surface area contributed by atoms with Gasteiger partial charge in [0.15, 0.2) is 12.6 Å². The number of aliphatic hydroxyl groups excluding tert-OH is 3. The Hall–Kier alpha value is -4.71. The molecule has 0 radical (unpaired) electrons. The second-order valence-corrected chi connectivity index (χ2v) is 38.2. The maximum atomic E-state index is 12.9. The number of azo groups is 2. The first kappa shape index (κ1) is 69.4. The molecule has 416 valence electrons. The van der Waals surface area contributed by atoms with Crippen LogP contribution in [0.5, 0.6) is 5.75 Å². The second-order valence-electron chi connectivity index (χ2n) is 15.1. The summed E-state index contributed by atoms with van der Waals surface area (Å²) in [4.78, 5) is 59.4. The van der Waals surface area contributed by atoms with Crippen molar-refractivity contribution in [3.8, 4) is 5.75 Å². The number of ketones is 1. The first-order valence-electron chi connectivity index (χ1n) is 22.8. The Morgan fingerprint density at radius 1 is 0.628 bits per heavy atom. The number of hydrogen-bond acceptors (Lipinski definition) is 17. The summed E-state index contributed by atoms with van der Waals surface area (Å²) in [5, 5.41) is 73.7. The van der Waals surface area contributed by atoms with Gasteiger partial charge in [-0.25, -0.2) is 34.9 Å². The number of non-ortho nitro benzene ring substituents is 1. The fourth-order valence-electron chi connectivity index (χ4n) is 6.47. The summed E-state index contributed by atoms with van der Waals surface area (Å²) in [6, 6.07) is 37.1. The van der Waals surface area contributed by atoms with E-state index in [0.29, 0.717) is 54.7 Å². The molecule has 0 aliphatic rings. The van der Waals surface area contributed by atoms with Gasteiger partial charge in [0.1, 0.15) is 5.75 Å². The van der Waals surface area contributed by atoms with Crippen LogP contribution in [0.2, 0.25) is 0 Å². The van der Waals surface area contributed by atoms with E-state index in [1.807, 2.05) is 55.1 Å². The Morgan fingerprint density at radius 2 is 1.03 bits per heavy atom. The zero-order valence-electron chi connectivity index (χ0n) is 41.5. The van der Waals surface area contributed by atoms with Crippen molar-refractivity contribution in [2.45, 2.75) is 26.7 Å². The molecule has 78 heavy (non-hydrogen) atoms. The molecule has 0 fully saturated rings. The molecule has 0 aromatic heterocycles. The predicted octanol–water partition coefficient (Wildman–Crippen LogP) is 10.6. The van der Waals surface area contributed by atoms with E-state index in [2.05, 4.69) is 62.6 Å². The summed E-state index contributed by atoms with van der Waals surface area (Å²) in [5.41, 5.74) is 5.02. The van der Waals surface area contributed by atoms with Crippen LogP contribution in [-0.4, -0.2) is 105 Å². The van der Waals surface area contributed by atoms with Gasteiger partial charge in [0.25, 0.3) is 11.4 Å². The number of likely N-dealkylation sites (N-methyl/N-ethyl adjacent to an activating group) is 2. The van der Waals surface area contributed by atoms with Gasteiger partial charge in [0.2, 0.25) is 5.24 Å². The number of carboxylic acids is 1. The number of carbonyl (C=O) groups is 3. The number of benzene rings is 6. The standard InChI is InChI=1S/C25H24N4O6.C16H18N4O3.C9H9ClO3.Al.3ClH.I3/c1-2-28(13-14-30)21-10-7-19(8-11-21)26-27-20-9-12-23(29(34)35)22(16-20)24(31)15-17-3-5-18(6-4-17)25(32)33;1-2-19(11-12-21)15-7-3-13(4-8-15)17-18-14-5-9-16(10-6-14)20(22)23;10-9(12)5-7-1-3-8(4-2-7)13-6-11;;;;;1-3-2/h3-12,16,30H,2,13-15H2,1H3,(H,32,33);3-10,21H,2,11-12H2,1H3;1-4,11H,5-6H2;;3*1H;/q;;;+3;;;;-1/p-3. The molecule has 0 bridgehead atoms. The molecule has 0 aliphatic heterocycles. The fourth-order valence-corrected chi connectivity index (χ4v) is 6.62. The Balaban J connectivity index is 0.000000412. The number of aromatic carboxylic acids is 1. The van der Waals surface area contributed by atoms with Crippen molar-refractivity contribution in [2.75, 3.05) is 56.0 Å². The molecule has 0 aliphatic carbocycles. The van der Waals surface area contributed by atoms with E-state index in [1.165, 1.54) is 54.6 Å². The third kappa shape index (κ3) is 27.4. The Labute approximate surface area is 501 Å². The van der Waals surface area contributed by atoms with Crippen molar-refractivity contribution in [2.24, 2.45) is 20.5 Å². The Kier molecular flexibility index (Phi) is 35.3. The van der Waals surface area contributed by atoms with Gasteiger partial charge in [-0.05, 0) is 134 Å². The Bertz CT molecular complexity index is 2850. The fraction of sp³-hybridized carbons (Fsp3) is 0.220. The second kappa shape index (κ2) is 39.6. The van der Waals surface area contributed by atoms with Crippen LogP contribution in [0, 0.1) is 20.2 Å². The maximum absolute atomic E-state index is 12.9. The van der Waals surface area contributed by atoms with Crippen LogP contribution in [0.3, 0.4) is 0 Å². The smallest absolute Gasteiger partial charge is 0.468 e. The predicted molar refractivity (Wildman–Crippen MR) is 319 cm³/mol. The molecule has 28 heteroatoms. The Morgan fingerprint density at radius 3 is 1.40 bits per heavy atom. The first-order valence-corrected chi connectivity index (χ1v) is 41.0. The summed E-state index contributed by atoms with van der Waals surface area (Å²) in [7, 11) is 14.8. The molecule has 0 heterocycles. The molecule has 0 amide bonds. The number of nitrogens with zero attached hydrogens (tertiary/aromatic N) is 8. The van der Waals surface area contributed by atoms with Crippen molar-refractivity contribution in [3.63, 3.8) is 0 Å². The van der Waals surface area contributed by atoms with Crippen LogP contribution < -0.4 is 27.8 Å². The van der Waals surface area contributed by atoms with Gasteiger partial charge in [0.05, 0.1) is 56.9 Å². The minimum absolute atomic E-state index is 0.0249. The van der Waals surface area contributed by atoms with Gasteiger partial charge < -0.3 is 35.0 Å². The third-order valence-corrected chi connectivity index (χ3v) is 10.2. The molecule has 6 aromatic rings. The van der Waals surface area contributed by atoms with Crippen molar-refractivity contribution >= 4 is 153 Å². The largest absolute Gasteiger partial charge is 0.643 e. The van der Waals surface area contributed by atoms with E-state index in [0.717, 1.165) is 30.0 Å². The number of hydrogen-bond donors (Lipinski definition) is 4. The molecule has 0 saturated carbocycles. The third-order valence-electron chi connectivity index (χ3n) is 10.1. The van der Waals surface area contributed by atoms with Crippen LogP contribution in [0.4, 0.5) is 45.5 Å². The van der Waals surface area contributed by atoms with Gasteiger partial charge in [-0.1, -0.05) is 24.3 Å². The van der Waals surface area contributed by atoms with Gasteiger partial charge in [-0.15, -0.1) is 0 Å². The van der Waals surface area contributed by atoms with Crippen LogP contribution in [0.25, 0.3) is 0 Å². The van der Waals surface area contributed by atoms with E-state index in [9.17, 15) is 34.6 Å². The molecular weight excluding hydrogens is 1450 g/mol. The summed E-state index contributed by atoms with van der Waals surface area (Å²) in [6.45, 7) is 6.46. The van der Waals surface area contributed by atoms with E-state index in [4.69, 9.17) is 66.9 Å². The average Bonchev–Trinajstić information content (AvgIpc) is 3.42. The molecule has 0 spiro atoms. The van der Waals surface area contributed by atoms with Gasteiger partial charge >= 0.3 is 67.8 Å². The zero-order valence-corrected chi connectivity index (χ0v) is 52.1. The minimum Gasteiger partial charge on any atom is -0.468 e. The molecule has 6 rings (SSSR count). The summed E-state index contributed by atoms with van der Waals surface area (Å²) in [6.07, 6.45) is 0.0749. The normalized spacial score (nSPS) is 10.3. The summed E-state index contributed by atoms with van der Waals surface area (Å²) in [5.74, 6) is -1.02. The molecule has 0 atom stereocenters. The number of nitro groups is 2. The topological polar surface area (TPSA) is 284 Å². The molecule has 0 unspecified atom stereocenters. The van der Waals surface area contributed by atoms with Crippen molar-refractivity contribution < 1.29 is 62.6 Å². The van der Waals surface area contributed by atoms with Gasteiger partial charge in [0, 0.05) is 68.6 Å². The van der Waals surface area contributed by atoms with E-state index >= 15 is 0 Å². The van der Waals surface area contributed by atoms with E-state index < -0.39 is 38.2 Å². The number of carboxylic acid groups (broad SMARTS) is 1. The number of rotatable bonds is 22. The van der Waals surface area contributed by atoms with Gasteiger partial charge in [-0.2, -0.15) is 20.5 Å². The number of anilines is 2. The first-order chi connectivity index (χ1) is 37.3. The maximum Gasteiger partial charge on any atom is 0.643 e. The number of carbonyl (C=O) groups excluding carboxylic acids is 2. The van der Waals surface area contributed by atoms with Crippen LogP contribution in [0.1, 0.15) is 45.7 Å². The van der Waals surface area contributed by atoms with Crippen LogP contribution >= 0.6 is 79.0 Å². The van der Waals surface area contributed by atoms with Gasteiger partial charge in [-0.3, -0.25) is 29.8 Å². The zero-order chi connectivity index (χ0) is 58.0. The van der Waals surface area contributed by atoms with Crippen LogP contribution in [0.15, 0.2) is 160 Å². The molecular formula is C50H51AlCl4I3N8O12-. The molecule has 0 saturated heterocycles. The summed E-state index contributed by atoms with van der Waals surface area (Å²) < 4.78 is 4.80. The van der Waals surface area contributed by atoms with Crippen molar-refractivity contribution in [1.82, 2.24) is 0 Å². The number of halogens is 7. The number of nitro benzene ring substituents is 2. The number of aliphatic hydroxyl groups is 3. The SMILES string of the molecule is CCN(CCO)c1ccc(N=Nc2ccc([N+](=O)[O-])c(C(=O)Cc3ccc(C(=O)O)cc3)c2)cc1.CCN(CCO)c1ccc(N=Nc2ccc([N+](=O)[O-])cc2)cc1.I[I-]I.O=C(Cl)Cc1ccc(OCO)cc1.[Cl][Al]([Cl])[Cl]. The number of ether oxygens (including phenoxy) is 1. The monoisotopic (exact) mass is 1500 g/mol. The van der Waals surface area contributed by atoms with Crippen molar-refractivity contribution in [1.29, 1.82) is 0 Å². The average molecular weight is 1510 g/mol. The quantitative estimate of drug-likeness (QED) is 0.00719.